The van der Waals surface area contributed by atoms with Crippen molar-refractivity contribution in [3.8, 4) is 5.75 Å². The minimum atomic E-state index is -2.85. The van der Waals surface area contributed by atoms with Gasteiger partial charge in [0.25, 0.3) is 0 Å². The normalized spacial score (nSPS) is 19.3. The fourth-order valence-electron chi connectivity index (χ4n) is 2.15. The zero-order valence-electron chi connectivity index (χ0n) is 10.9. The molecule has 4 nitrogen and oxygen atoms in total. The van der Waals surface area contributed by atoms with Crippen LogP contribution < -0.4 is 10.1 Å². The molecule has 1 aromatic carbocycles. The highest BCUT2D eigenvalue weighted by atomic mass is 32.2. The molecule has 0 aromatic heterocycles. The summed E-state index contributed by atoms with van der Waals surface area (Å²) in [6.07, 6.45) is 1.19. The van der Waals surface area contributed by atoms with Crippen LogP contribution in [-0.4, -0.2) is 33.1 Å². The van der Waals surface area contributed by atoms with Crippen molar-refractivity contribution >= 4 is 9.84 Å². The van der Waals surface area contributed by atoms with Gasteiger partial charge in [-0.25, -0.2) is 12.8 Å². The molecule has 19 heavy (non-hydrogen) atoms. The quantitative estimate of drug-likeness (QED) is 0.912. The van der Waals surface area contributed by atoms with Crippen molar-refractivity contribution in [1.29, 1.82) is 0 Å². The third-order valence-electron chi connectivity index (χ3n) is 3.40. The number of benzene rings is 1. The van der Waals surface area contributed by atoms with Gasteiger partial charge in [0, 0.05) is 24.2 Å². The van der Waals surface area contributed by atoms with Crippen LogP contribution in [0.2, 0.25) is 0 Å². The maximum Gasteiger partial charge on any atom is 0.150 e. The number of nitrogens with one attached hydrogen (secondary N) is 1. The molecule has 0 radical (unpaired) electrons. The molecule has 1 aromatic rings. The number of halogens is 1. The van der Waals surface area contributed by atoms with Crippen LogP contribution in [0.5, 0.6) is 5.75 Å². The highest BCUT2D eigenvalue weighted by molar-refractivity contribution is 7.91. The first kappa shape index (κ1) is 14.3. The standard InChI is InChI=1S/C13H18FNO3S/c1-18-12-3-2-10(13(14)8-12)9-15-11-4-6-19(16,17)7-5-11/h2-3,8,11,15H,4-7,9H2,1H3. The minimum Gasteiger partial charge on any atom is -0.497 e. The molecule has 2 rings (SSSR count). The van der Waals surface area contributed by atoms with Gasteiger partial charge in [-0.2, -0.15) is 0 Å². The van der Waals surface area contributed by atoms with Gasteiger partial charge in [0.2, 0.25) is 0 Å². The van der Waals surface area contributed by atoms with E-state index in [1.165, 1.54) is 13.2 Å². The molecule has 1 aliphatic rings. The van der Waals surface area contributed by atoms with Crippen molar-refractivity contribution in [3.05, 3.63) is 29.6 Å². The molecular formula is C13H18FNO3S. The van der Waals surface area contributed by atoms with E-state index >= 15 is 0 Å². The van der Waals surface area contributed by atoms with Crippen LogP contribution in [-0.2, 0) is 16.4 Å². The van der Waals surface area contributed by atoms with Crippen molar-refractivity contribution in [2.24, 2.45) is 0 Å². The molecule has 0 aliphatic carbocycles. The van der Waals surface area contributed by atoms with E-state index in [0.717, 1.165) is 0 Å². The second-order valence-corrected chi connectivity index (χ2v) is 7.07. The van der Waals surface area contributed by atoms with Gasteiger partial charge in [-0.15, -0.1) is 0 Å². The Kier molecular flexibility index (Phi) is 4.42. The summed E-state index contributed by atoms with van der Waals surface area (Å²) in [6.45, 7) is 0.403. The van der Waals surface area contributed by atoms with E-state index in [-0.39, 0.29) is 23.4 Å². The van der Waals surface area contributed by atoms with Gasteiger partial charge in [0.05, 0.1) is 18.6 Å². The largest absolute Gasteiger partial charge is 0.497 e. The van der Waals surface area contributed by atoms with Gasteiger partial charge < -0.3 is 10.1 Å². The lowest BCUT2D eigenvalue weighted by Crippen LogP contribution is -2.37. The third-order valence-corrected chi connectivity index (χ3v) is 5.11. The Balaban J connectivity index is 1.89. The van der Waals surface area contributed by atoms with Crippen molar-refractivity contribution in [1.82, 2.24) is 5.32 Å². The molecule has 0 spiro atoms. The van der Waals surface area contributed by atoms with Crippen LogP contribution in [0.25, 0.3) is 0 Å². The first-order valence-electron chi connectivity index (χ1n) is 6.26. The van der Waals surface area contributed by atoms with Crippen LogP contribution in [0.3, 0.4) is 0 Å². The maximum absolute atomic E-state index is 13.7. The first-order valence-corrected chi connectivity index (χ1v) is 8.08. The van der Waals surface area contributed by atoms with Crippen molar-refractivity contribution < 1.29 is 17.5 Å². The summed E-state index contributed by atoms with van der Waals surface area (Å²) in [5.41, 5.74) is 0.564. The van der Waals surface area contributed by atoms with E-state index in [0.29, 0.717) is 30.7 Å². The fourth-order valence-corrected chi connectivity index (χ4v) is 3.64. The molecule has 1 N–H and O–H groups in total. The van der Waals surface area contributed by atoms with Gasteiger partial charge in [-0.3, -0.25) is 0 Å². The van der Waals surface area contributed by atoms with E-state index in [2.05, 4.69) is 5.32 Å². The Hall–Kier alpha value is -1.14. The second kappa shape index (κ2) is 5.88. The Morgan fingerprint density at radius 3 is 2.63 bits per heavy atom. The molecule has 0 unspecified atom stereocenters. The highest BCUT2D eigenvalue weighted by Crippen LogP contribution is 2.17. The van der Waals surface area contributed by atoms with Crippen LogP contribution >= 0.6 is 0 Å². The average molecular weight is 287 g/mol. The second-order valence-electron chi connectivity index (χ2n) is 4.76. The number of hydrogen-bond donors (Lipinski definition) is 1. The summed E-state index contributed by atoms with van der Waals surface area (Å²) in [5, 5.41) is 3.21. The Labute approximate surface area is 112 Å². The molecule has 6 heteroatoms. The topological polar surface area (TPSA) is 55.4 Å². The molecular weight excluding hydrogens is 269 g/mol. The zero-order chi connectivity index (χ0) is 13.9. The van der Waals surface area contributed by atoms with Gasteiger partial charge >= 0.3 is 0 Å². The molecule has 0 amide bonds. The zero-order valence-corrected chi connectivity index (χ0v) is 11.7. The fraction of sp³-hybridized carbons (Fsp3) is 0.538. The van der Waals surface area contributed by atoms with Crippen LogP contribution in [0.15, 0.2) is 18.2 Å². The van der Waals surface area contributed by atoms with Gasteiger partial charge in [0.1, 0.15) is 21.4 Å². The Morgan fingerprint density at radius 2 is 2.05 bits per heavy atom. The van der Waals surface area contributed by atoms with E-state index < -0.39 is 9.84 Å². The molecule has 1 saturated heterocycles. The number of sulfone groups is 1. The van der Waals surface area contributed by atoms with Gasteiger partial charge in [0.15, 0.2) is 0 Å². The summed E-state index contributed by atoms with van der Waals surface area (Å²) >= 11 is 0. The van der Waals surface area contributed by atoms with Gasteiger partial charge in [-0.05, 0) is 18.9 Å². The lowest BCUT2D eigenvalue weighted by atomic mass is 10.1. The smallest absolute Gasteiger partial charge is 0.150 e. The SMILES string of the molecule is COc1ccc(CNC2CCS(=O)(=O)CC2)c(F)c1. The lowest BCUT2D eigenvalue weighted by molar-refractivity contribution is 0.409. The molecule has 1 aliphatic heterocycles. The Bertz CT molecular complexity index is 531. The lowest BCUT2D eigenvalue weighted by Gasteiger charge is -2.23. The van der Waals surface area contributed by atoms with Crippen LogP contribution in [0.4, 0.5) is 4.39 Å². The summed E-state index contributed by atoms with van der Waals surface area (Å²) < 4.78 is 41.2. The summed E-state index contributed by atoms with van der Waals surface area (Å²) in [7, 11) is -1.35. The molecule has 1 heterocycles. The molecule has 0 bridgehead atoms. The number of ether oxygens (including phenoxy) is 1. The Morgan fingerprint density at radius 1 is 1.37 bits per heavy atom. The number of rotatable bonds is 4. The maximum atomic E-state index is 13.7. The molecule has 0 atom stereocenters. The van der Waals surface area contributed by atoms with Crippen molar-refractivity contribution in [2.75, 3.05) is 18.6 Å². The van der Waals surface area contributed by atoms with Crippen molar-refractivity contribution in [3.63, 3.8) is 0 Å². The molecule has 106 valence electrons. The van der Waals surface area contributed by atoms with Crippen LogP contribution in [0, 0.1) is 5.82 Å². The first-order chi connectivity index (χ1) is 9.00. The highest BCUT2D eigenvalue weighted by Gasteiger charge is 2.23. The number of methoxy groups -OCH3 is 1. The monoisotopic (exact) mass is 287 g/mol. The summed E-state index contributed by atoms with van der Waals surface area (Å²) in [5.74, 6) is 0.617. The predicted molar refractivity (Wildman–Crippen MR) is 71.5 cm³/mol. The van der Waals surface area contributed by atoms with Gasteiger partial charge in [-0.1, -0.05) is 6.07 Å². The molecule has 1 fully saturated rings. The van der Waals surface area contributed by atoms with E-state index in [1.807, 2.05) is 0 Å². The average Bonchev–Trinajstić information content (AvgIpc) is 2.38. The van der Waals surface area contributed by atoms with E-state index in [1.54, 1.807) is 12.1 Å². The predicted octanol–water partition coefficient (Wildman–Crippen LogP) is 1.50. The van der Waals surface area contributed by atoms with Crippen LogP contribution in [0.1, 0.15) is 18.4 Å². The van der Waals surface area contributed by atoms with E-state index in [4.69, 9.17) is 4.74 Å². The third kappa shape index (κ3) is 3.91. The summed E-state index contributed by atoms with van der Waals surface area (Å²) in [4.78, 5) is 0. The van der Waals surface area contributed by atoms with Crippen molar-refractivity contribution in [2.45, 2.75) is 25.4 Å². The summed E-state index contributed by atoms with van der Waals surface area (Å²) in [6, 6.07) is 4.89. The van der Waals surface area contributed by atoms with E-state index in [9.17, 15) is 12.8 Å². The number of hydrogen-bond acceptors (Lipinski definition) is 4. The molecule has 0 saturated carbocycles. The minimum absolute atomic E-state index is 0.144.